The van der Waals surface area contributed by atoms with Crippen LogP contribution in [0.5, 0.6) is 0 Å². The molecular weight excluding hydrogens is 422 g/mol. The van der Waals surface area contributed by atoms with E-state index in [-0.39, 0.29) is 30.5 Å². The van der Waals surface area contributed by atoms with Crippen molar-refractivity contribution in [3.63, 3.8) is 0 Å². The Morgan fingerprint density at radius 3 is 2.03 bits per heavy atom. The smallest absolute Gasteiger partial charge is 0.346 e. The van der Waals surface area contributed by atoms with Gasteiger partial charge in [0.1, 0.15) is 11.0 Å². The van der Waals surface area contributed by atoms with Crippen LogP contribution in [0.2, 0.25) is 0 Å². The van der Waals surface area contributed by atoms with Crippen LogP contribution in [0.25, 0.3) is 0 Å². The summed E-state index contributed by atoms with van der Waals surface area (Å²) in [5, 5.41) is 2.52. The minimum Gasteiger partial charge on any atom is -0.346 e. The lowest BCUT2D eigenvalue weighted by atomic mass is 9.39. The second kappa shape index (κ2) is 6.36. The lowest BCUT2D eigenvalue weighted by Crippen LogP contribution is -2.78. The first-order chi connectivity index (χ1) is 13.0. The Hall–Kier alpha value is -1.78. The number of nitrogens with one attached hydrogen (secondary N) is 2. The van der Waals surface area contributed by atoms with Gasteiger partial charge in [0.25, 0.3) is 5.91 Å². The van der Waals surface area contributed by atoms with Gasteiger partial charge in [0.2, 0.25) is 0 Å². The maximum absolute atomic E-state index is 13.1. The second-order valence-electron chi connectivity index (χ2n) is 8.78. The van der Waals surface area contributed by atoms with Crippen LogP contribution in [0, 0.1) is 5.41 Å². The topological polar surface area (TPSA) is 58.2 Å². The number of rotatable bonds is 4. The number of alkyl halides is 6. The second-order valence-corrected chi connectivity index (χ2v) is 10.8. The maximum Gasteiger partial charge on any atom is 0.416 e. The van der Waals surface area contributed by atoms with Gasteiger partial charge in [-0.05, 0) is 58.2 Å². The van der Waals surface area contributed by atoms with Gasteiger partial charge in [0.05, 0.1) is 27.0 Å². The minimum atomic E-state index is -4.68. The van der Waals surface area contributed by atoms with Gasteiger partial charge in [-0.25, -0.2) is 4.21 Å². The van der Waals surface area contributed by atoms with Crippen LogP contribution < -0.4 is 10.0 Å². The molecule has 1 aromatic carbocycles. The Morgan fingerprint density at radius 1 is 1.03 bits per heavy atom. The van der Waals surface area contributed by atoms with Gasteiger partial charge in [-0.1, -0.05) is 0 Å². The monoisotopic (exact) mass is 442 g/mol. The predicted molar refractivity (Wildman–Crippen MR) is 95.5 cm³/mol. The average Bonchev–Trinajstić information content (AvgIpc) is 2.45. The summed E-state index contributed by atoms with van der Waals surface area (Å²) in [6, 6.07) is 2.32. The number of benzene rings is 1. The van der Waals surface area contributed by atoms with Crippen LogP contribution in [0.1, 0.15) is 56.0 Å². The van der Waals surface area contributed by atoms with E-state index in [1.807, 2.05) is 0 Å². The molecule has 29 heavy (non-hydrogen) atoms. The van der Waals surface area contributed by atoms with Crippen LogP contribution in [-0.2, 0) is 17.2 Å². The van der Waals surface area contributed by atoms with Gasteiger partial charge >= 0.3 is 12.4 Å². The lowest BCUT2D eigenvalue weighted by Gasteiger charge is -2.70. The number of carbonyl (C=O) groups excluding carboxylic acids is 1. The number of amides is 1. The van der Waals surface area contributed by atoms with Gasteiger partial charge in [-0.3, -0.25) is 4.79 Å². The molecule has 0 aromatic heterocycles. The Kier molecular flexibility index (Phi) is 4.80. The summed E-state index contributed by atoms with van der Waals surface area (Å²) in [7, 11) is -1.82. The van der Waals surface area contributed by atoms with E-state index in [2.05, 4.69) is 10.0 Å². The van der Waals surface area contributed by atoms with Crippen LogP contribution >= 0.6 is 0 Å². The summed E-state index contributed by atoms with van der Waals surface area (Å²) in [5.74, 6) is -0.803. The summed E-state index contributed by atoms with van der Waals surface area (Å²) in [5.41, 5.74) is -4.29. The van der Waals surface area contributed by atoms with E-state index in [0.29, 0.717) is 12.1 Å². The van der Waals surface area contributed by atoms with E-state index in [4.69, 9.17) is 0 Å². The van der Waals surface area contributed by atoms with Crippen molar-refractivity contribution in [3.8, 4) is 0 Å². The van der Waals surface area contributed by atoms with E-state index in [0.717, 1.165) is 6.07 Å². The molecule has 0 aliphatic heterocycles. The Morgan fingerprint density at radius 2 is 1.59 bits per heavy atom. The fourth-order valence-corrected chi connectivity index (χ4v) is 4.46. The molecular formula is C18H20F6N2O2S. The highest BCUT2D eigenvalue weighted by atomic mass is 32.2. The minimum absolute atomic E-state index is 0.207. The largest absolute Gasteiger partial charge is 0.416 e. The third-order valence-corrected chi connectivity index (χ3v) is 6.88. The Balaban J connectivity index is 1.83. The molecule has 162 valence electrons. The van der Waals surface area contributed by atoms with Crippen molar-refractivity contribution in [2.75, 3.05) is 4.72 Å². The number of hydrogen-bond acceptors (Lipinski definition) is 2. The van der Waals surface area contributed by atoms with Crippen molar-refractivity contribution >= 4 is 22.6 Å². The summed E-state index contributed by atoms with van der Waals surface area (Å²) in [6.07, 6.45) is -9.75. The first kappa shape index (κ1) is 21.9. The lowest BCUT2D eigenvalue weighted by molar-refractivity contribution is -0.336. The molecule has 1 aromatic rings. The van der Waals surface area contributed by atoms with Crippen molar-refractivity contribution in [3.05, 3.63) is 29.3 Å². The molecule has 3 saturated carbocycles. The summed E-state index contributed by atoms with van der Waals surface area (Å²) in [4.78, 5) is 12.6. The van der Waals surface area contributed by atoms with E-state index >= 15 is 0 Å². The molecule has 2 N–H and O–H groups in total. The zero-order chi connectivity index (χ0) is 22.0. The van der Waals surface area contributed by atoms with E-state index in [9.17, 15) is 35.3 Å². The van der Waals surface area contributed by atoms with Gasteiger partial charge < -0.3 is 10.0 Å². The van der Waals surface area contributed by atoms with Crippen LogP contribution in [-0.4, -0.2) is 26.6 Å². The van der Waals surface area contributed by atoms with Gasteiger partial charge in [-0.2, -0.15) is 26.3 Å². The summed E-state index contributed by atoms with van der Waals surface area (Å²) in [6.45, 7) is 4.80. The van der Waals surface area contributed by atoms with Crippen molar-refractivity contribution < 1.29 is 35.3 Å². The van der Waals surface area contributed by atoms with Crippen molar-refractivity contribution in [2.45, 2.75) is 62.7 Å². The van der Waals surface area contributed by atoms with Crippen molar-refractivity contribution in [1.29, 1.82) is 0 Å². The number of hydrogen-bond donors (Lipinski definition) is 2. The fourth-order valence-electron chi connectivity index (χ4n) is 3.79. The standard InChI is InChI=1S/C18H20F6N2O2S/c1-14(2,3)29(28)26-12-6-10(17(19,20)21)4-5-11(12)13(27)25-16-7-15(8-16,9-16)18(22,23)24/h4-6,26H,7-9H2,1-3H3,(H,25,27). The zero-order valence-electron chi connectivity index (χ0n) is 15.8. The number of carbonyl (C=O) groups is 1. The number of anilines is 1. The summed E-state index contributed by atoms with van der Waals surface area (Å²) < 4.78 is 92.0. The zero-order valence-corrected chi connectivity index (χ0v) is 16.7. The molecule has 4 rings (SSSR count). The van der Waals surface area contributed by atoms with Crippen LogP contribution in [0.15, 0.2) is 18.2 Å². The van der Waals surface area contributed by atoms with Gasteiger partial charge in [-0.15, -0.1) is 0 Å². The Labute approximate surface area is 166 Å². The number of halogens is 6. The van der Waals surface area contributed by atoms with Crippen LogP contribution in [0.3, 0.4) is 0 Å². The molecule has 3 fully saturated rings. The molecule has 1 unspecified atom stereocenters. The molecule has 3 aliphatic carbocycles. The molecule has 1 amide bonds. The SMILES string of the molecule is CC(C)(C)S(=O)Nc1cc(C(F)(F)F)ccc1C(=O)NC12CC(C(F)(F)F)(C1)C2. The molecule has 0 radical (unpaired) electrons. The molecule has 2 bridgehead atoms. The van der Waals surface area contributed by atoms with Crippen LogP contribution in [0.4, 0.5) is 32.0 Å². The molecule has 0 spiro atoms. The fraction of sp³-hybridized carbons (Fsp3) is 0.611. The normalized spacial score (nSPS) is 27.5. The van der Waals surface area contributed by atoms with Crippen molar-refractivity contribution in [2.24, 2.45) is 5.41 Å². The highest BCUT2D eigenvalue weighted by Gasteiger charge is 2.79. The maximum atomic E-state index is 13.1. The van der Waals surface area contributed by atoms with Gasteiger partial charge in [0, 0.05) is 5.54 Å². The quantitative estimate of drug-likeness (QED) is 0.659. The molecule has 3 aliphatic rings. The molecule has 11 heteroatoms. The first-order valence-corrected chi connectivity index (χ1v) is 9.92. The average molecular weight is 442 g/mol. The molecule has 0 saturated heterocycles. The van der Waals surface area contributed by atoms with E-state index in [1.54, 1.807) is 20.8 Å². The highest BCUT2D eigenvalue weighted by Crippen LogP contribution is 2.73. The van der Waals surface area contributed by atoms with Crippen molar-refractivity contribution in [1.82, 2.24) is 5.32 Å². The molecule has 4 nitrogen and oxygen atoms in total. The Bertz CT molecular complexity index is 853. The predicted octanol–water partition coefficient (Wildman–Crippen LogP) is 4.79. The third-order valence-electron chi connectivity index (χ3n) is 5.36. The highest BCUT2D eigenvalue weighted by molar-refractivity contribution is 7.87. The molecule has 1 atom stereocenters. The third kappa shape index (κ3) is 3.85. The molecule has 0 heterocycles. The first-order valence-electron chi connectivity index (χ1n) is 8.77. The van der Waals surface area contributed by atoms with E-state index in [1.165, 1.54) is 0 Å². The van der Waals surface area contributed by atoms with Gasteiger partial charge in [0.15, 0.2) is 0 Å². The van der Waals surface area contributed by atoms with E-state index < -0.39 is 50.5 Å². The summed E-state index contributed by atoms with van der Waals surface area (Å²) >= 11 is 0.